The van der Waals surface area contributed by atoms with Crippen molar-refractivity contribution in [2.24, 2.45) is 0 Å². The molecular weight excluding hydrogens is 309 g/mol. The van der Waals surface area contributed by atoms with Crippen molar-refractivity contribution in [2.45, 2.75) is 6.61 Å². The van der Waals surface area contributed by atoms with E-state index in [-0.39, 0.29) is 6.61 Å². The van der Waals surface area contributed by atoms with Crippen LogP contribution in [0.2, 0.25) is 0 Å². The van der Waals surface area contributed by atoms with Gasteiger partial charge in [0.25, 0.3) is 0 Å². The molecule has 14 heavy (non-hydrogen) atoms. The van der Waals surface area contributed by atoms with Crippen LogP contribution in [0, 0.1) is 14.9 Å². The minimum Gasteiger partial charge on any atom is -0.392 e. The zero-order valence-electron chi connectivity index (χ0n) is 7.12. The predicted molar refractivity (Wildman–Crippen MR) is 65.2 cm³/mol. The number of nitrogens with zero attached hydrogens (tertiary/aromatic N) is 1. The Kier molecular flexibility index (Phi) is 2.72. The molecule has 0 aliphatic carbocycles. The van der Waals surface area contributed by atoms with Crippen LogP contribution in [0.1, 0.15) is 10.4 Å². The molecule has 0 aliphatic heterocycles. The van der Waals surface area contributed by atoms with Crippen molar-refractivity contribution in [3.05, 3.63) is 32.2 Å². The number of nitriles is 1. The lowest BCUT2D eigenvalue weighted by Gasteiger charge is -1.98. The van der Waals surface area contributed by atoms with Crippen molar-refractivity contribution in [3.63, 3.8) is 0 Å². The van der Waals surface area contributed by atoms with Crippen molar-refractivity contribution < 1.29 is 5.11 Å². The van der Waals surface area contributed by atoms with Crippen molar-refractivity contribution in [1.82, 2.24) is 0 Å². The normalized spacial score (nSPS) is 10.4. The number of benzene rings is 1. The summed E-state index contributed by atoms with van der Waals surface area (Å²) in [7, 11) is 0. The van der Waals surface area contributed by atoms with Crippen LogP contribution in [0.4, 0.5) is 0 Å². The van der Waals surface area contributed by atoms with Crippen LogP contribution >= 0.6 is 33.9 Å². The Morgan fingerprint density at radius 2 is 2.29 bits per heavy atom. The topological polar surface area (TPSA) is 44.0 Å². The van der Waals surface area contributed by atoms with Gasteiger partial charge >= 0.3 is 0 Å². The summed E-state index contributed by atoms with van der Waals surface area (Å²) in [6.07, 6.45) is 0. The van der Waals surface area contributed by atoms with Crippen LogP contribution < -0.4 is 0 Å². The zero-order valence-corrected chi connectivity index (χ0v) is 10.1. The van der Waals surface area contributed by atoms with Gasteiger partial charge < -0.3 is 5.11 Å². The van der Waals surface area contributed by atoms with Gasteiger partial charge in [-0.15, -0.1) is 11.3 Å². The van der Waals surface area contributed by atoms with Crippen molar-refractivity contribution in [1.29, 1.82) is 5.26 Å². The third-order valence-corrected chi connectivity index (χ3v) is 4.52. The van der Waals surface area contributed by atoms with E-state index in [0.717, 1.165) is 24.1 Å². The first-order chi connectivity index (χ1) is 6.77. The number of hydrogen-bond donors (Lipinski definition) is 1. The Morgan fingerprint density at radius 1 is 1.50 bits per heavy atom. The van der Waals surface area contributed by atoms with Gasteiger partial charge in [-0.05, 0) is 34.2 Å². The first-order valence-electron chi connectivity index (χ1n) is 3.98. The van der Waals surface area contributed by atoms with E-state index in [4.69, 9.17) is 10.4 Å². The van der Waals surface area contributed by atoms with Crippen molar-refractivity contribution >= 4 is 44.0 Å². The number of hydrogen-bond acceptors (Lipinski definition) is 3. The summed E-state index contributed by atoms with van der Waals surface area (Å²) in [6.45, 7) is 0.0228. The van der Waals surface area contributed by atoms with E-state index >= 15 is 0 Å². The third kappa shape index (κ3) is 1.41. The van der Waals surface area contributed by atoms with Crippen LogP contribution in [-0.2, 0) is 6.61 Å². The summed E-state index contributed by atoms with van der Waals surface area (Å²) in [5.74, 6) is 0. The van der Waals surface area contributed by atoms with E-state index in [0.29, 0.717) is 0 Å². The van der Waals surface area contributed by atoms with Crippen LogP contribution in [0.25, 0.3) is 10.1 Å². The minimum absolute atomic E-state index is 0.0228. The summed E-state index contributed by atoms with van der Waals surface area (Å²) in [5.41, 5.74) is 0.893. The maximum absolute atomic E-state index is 9.16. The number of aliphatic hydroxyl groups excluding tert-OH is 1. The van der Waals surface area contributed by atoms with E-state index in [1.54, 1.807) is 0 Å². The fourth-order valence-corrected chi connectivity index (χ4v) is 3.59. The highest BCUT2D eigenvalue weighted by Crippen LogP contribution is 2.34. The quantitative estimate of drug-likeness (QED) is 0.823. The summed E-state index contributed by atoms with van der Waals surface area (Å²) < 4.78 is 2.02. The lowest BCUT2D eigenvalue weighted by Crippen LogP contribution is -1.84. The SMILES string of the molecule is N#Cc1sc2cccc(CO)c2c1I. The molecule has 0 atom stereocenters. The van der Waals surface area contributed by atoms with Gasteiger partial charge in [0.2, 0.25) is 0 Å². The van der Waals surface area contributed by atoms with Crippen LogP contribution in [0.15, 0.2) is 18.2 Å². The molecule has 2 nitrogen and oxygen atoms in total. The Hall–Kier alpha value is -0.640. The van der Waals surface area contributed by atoms with E-state index in [1.807, 2.05) is 18.2 Å². The number of rotatable bonds is 1. The summed E-state index contributed by atoms with van der Waals surface area (Å²) >= 11 is 3.63. The molecule has 1 heterocycles. The fraction of sp³-hybridized carbons (Fsp3) is 0.100. The zero-order chi connectivity index (χ0) is 10.1. The molecule has 2 rings (SSSR count). The first kappa shape index (κ1) is 9.90. The highest BCUT2D eigenvalue weighted by atomic mass is 127. The maximum atomic E-state index is 9.16. The van der Waals surface area contributed by atoms with Gasteiger partial charge in [0.15, 0.2) is 0 Å². The minimum atomic E-state index is 0.0228. The molecule has 0 unspecified atom stereocenters. The van der Waals surface area contributed by atoms with Gasteiger partial charge in [-0.1, -0.05) is 12.1 Å². The van der Waals surface area contributed by atoms with Crippen LogP contribution in [0.5, 0.6) is 0 Å². The van der Waals surface area contributed by atoms with Gasteiger partial charge in [-0.3, -0.25) is 0 Å². The molecule has 1 aromatic heterocycles. The smallest absolute Gasteiger partial charge is 0.119 e. The Morgan fingerprint density at radius 3 is 2.93 bits per heavy atom. The Bertz CT molecular complexity index is 527. The summed E-state index contributed by atoms with van der Waals surface area (Å²) in [5, 5.41) is 19.1. The van der Waals surface area contributed by atoms with Gasteiger partial charge in [0.1, 0.15) is 10.9 Å². The average molecular weight is 315 g/mol. The molecule has 0 saturated carbocycles. The molecule has 0 aliphatic rings. The van der Waals surface area contributed by atoms with Gasteiger partial charge in [-0.25, -0.2) is 0 Å². The average Bonchev–Trinajstić information content (AvgIpc) is 2.55. The molecule has 0 spiro atoms. The van der Waals surface area contributed by atoms with Gasteiger partial charge in [0.05, 0.1) is 6.61 Å². The molecule has 0 fully saturated rings. The second kappa shape index (κ2) is 3.85. The highest BCUT2D eigenvalue weighted by molar-refractivity contribution is 14.1. The largest absolute Gasteiger partial charge is 0.392 e. The molecule has 4 heteroatoms. The molecule has 0 bridgehead atoms. The number of aliphatic hydroxyl groups is 1. The summed E-state index contributed by atoms with van der Waals surface area (Å²) in [6, 6.07) is 7.93. The number of thiophene rings is 1. The number of fused-ring (bicyclic) bond motifs is 1. The lowest BCUT2D eigenvalue weighted by molar-refractivity contribution is 0.283. The van der Waals surface area contributed by atoms with E-state index in [9.17, 15) is 0 Å². The van der Waals surface area contributed by atoms with Crippen molar-refractivity contribution in [3.8, 4) is 6.07 Å². The van der Waals surface area contributed by atoms with Crippen molar-refractivity contribution in [2.75, 3.05) is 0 Å². The molecule has 1 N–H and O–H groups in total. The van der Waals surface area contributed by atoms with E-state index < -0.39 is 0 Å². The second-order valence-electron chi connectivity index (χ2n) is 2.81. The lowest BCUT2D eigenvalue weighted by atomic mass is 10.1. The molecule has 70 valence electrons. The highest BCUT2D eigenvalue weighted by Gasteiger charge is 2.11. The molecule has 2 aromatic rings. The molecule has 0 saturated heterocycles. The standard InChI is InChI=1S/C10H6INOS/c11-10-8(4-12)14-7-3-1-2-6(5-13)9(7)10/h1-3,13H,5H2. The van der Waals surface area contributed by atoms with Gasteiger partial charge in [0, 0.05) is 13.7 Å². The van der Waals surface area contributed by atoms with E-state index in [1.165, 1.54) is 11.3 Å². The van der Waals surface area contributed by atoms with Gasteiger partial charge in [-0.2, -0.15) is 5.26 Å². The Balaban J connectivity index is 2.87. The predicted octanol–water partition coefficient (Wildman–Crippen LogP) is 2.87. The van der Waals surface area contributed by atoms with Crippen LogP contribution in [0.3, 0.4) is 0 Å². The van der Waals surface area contributed by atoms with E-state index in [2.05, 4.69) is 28.7 Å². The third-order valence-electron chi connectivity index (χ3n) is 2.02. The van der Waals surface area contributed by atoms with Crippen LogP contribution in [-0.4, -0.2) is 5.11 Å². The molecule has 0 radical (unpaired) electrons. The molecular formula is C10H6INOS. The molecule has 1 aromatic carbocycles. The molecule has 0 amide bonds. The second-order valence-corrected chi connectivity index (χ2v) is 4.94. The monoisotopic (exact) mass is 315 g/mol. The summed E-state index contributed by atoms with van der Waals surface area (Å²) in [4.78, 5) is 0.724. The maximum Gasteiger partial charge on any atom is 0.119 e. The first-order valence-corrected chi connectivity index (χ1v) is 5.88. The fourth-order valence-electron chi connectivity index (χ4n) is 1.38. The number of halogens is 1. The Labute approximate surface area is 98.9 Å².